The zero-order valence-corrected chi connectivity index (χ0v) is 11.8. The van der Waals surface area contributed by atoms with Crippen molar-refractivity contribution in [1.29, 1.82) is 0 Å². The molecule has 0 saturated carbocycles. The monoisotopic (exact) mass is 283 g/mol. The molecule has 0 radical (unpaired) electrons. The summed E-state index contributed by atoms with van der Waals surface area (Å²) < 4.78 is 1.02. The average Bonchev–Trinajstić information content (AvgIpc) is 2.20. The molecular formula is C13H18BrNO. The van der Waals surface area contributed by atoms with E-state index in [1.165, 1.54) is 0 Å². The van der Waals surface area contributed by atoms with Crippen molar-refractivity contribution in [3.05, 3.63) is 28.7 Å². The molecule has 1 aromatic carbocycles. The number of rotatable bonds is 2. The van der Waals surface area contributed by atoms with E-state index in [0.29, 0.717) is 6.54 Å². The summed E-state index contributed by atoms with van der Waals surface area (Å²) in [5.74, 6) is 0.150. The largest absolute Gasteiger partial charge is 0.312 e. The number of benzene rings is 1. The van der Waals surface area contributed by atoms with Crippen LogP contribution in [0.3, 0.4) is 0 Å². The molecule has 3 heteroatoms. The molecule has 1 aromatic rings. The van der Waals surface area contributed by atoms with Gasteiger partial charge in [0.15, 0.2) is 0 Å². The maximum atomic E-state index is 12.2. The fraction of sp³-hybridized carbons (Fsp3) is 0.462. The highest BCUT2D eigenvalue weighted by molar-refractivity contribution is 9.10. The Morgan fingerprint density at radius 3 is 2.12 bits per heavy atom. The summed E-state index contributed by atoms with van der Waals surface area (Å²) >= 11 is 3.39. The first-order valence-electron chi connectivity index (χ1n) is 5.44. The van der Waals surface area contributed by atoms with Crippen molar-refractivity contribution < 1.29 is 4.79 Å². The van der Waals surface area contributed by atoms with Crippen LogP contribution in [0.4, 0.5) is 5.69 Å². The van der Waals surface area contributed by atoms with E-state index >= 15 is 0 Å². The van der Waals surface area contributed by atoms with Gasteiger partial charge in [-0.1, -0.05) is 36.7 Å². The van der Waals surface area contributed by atoms with Crippen LogP contribution in [0, 0.1) is 5.41 Å². The number of carbonyl (C=O) groups excluding carboxylic acids is 1. The maximum absolute atomic E-state index is 12.2. The van der Waals surface area contributed by atoms with Gasteiger partial charge < -0.3 is 4.90 Å². The summed E-state index contributed by atoms with van der Waals surface area (Å²) in [6.45, 7) is 8.51. The van der Waals surface area contributed by atoms with Crippen LogP contribution in [0.2, 0.25) is 0 Å². The van der Waals surface area contributed by atoms with Crippen molar-refractivity contribution in [2.24, 2.45) is 5.41 Å². The molecule has 88 valence electrons. The Morgan fingerprint density at radius 1 is 1.25 bits per heavy atom. The van der Waals surface area contributed by atoms with E-state index in [-0.39, 0.29) is 11.3 Å². The Balaban J connectivity index is 2.99. The predicted molar refractivity (Wildman–Crippen MR) is 71.6 cm³/mol. The lowest BCUT2D eigenvalue weighted by Gasteiger charge is -2.28. The molecule has 0 N–H and O–H groups in total. The summed E-state index contributed by atoms with van der Waals surface area (Å²) in [6, 6.07) is 7.82. The van der Waals surface area contributed by atoms with Crippen LogP contribution in [0.25, 0.3) is 0 Å². The summed E-state index contributed by atoms with van der Waals surface area (Å²) in [4.78, 5) is 14.0. The predicted octanol–water partition coefficient (Wildman–Crippen LogP) is 3.85. The number of amides is 1. The second kappa shape index (κ2) is 5.00. The van der Waals surface area contributed by atoms with Crippen LogP contribution in [0.15, 0.2) is 28.7 Å². The van der Waals surface area contributed by atoms with Crippen molar-refractivity contribution in [1.82, 2.24) is 0 Å². The third-order valence-electron chi connectivity index (χ3n) is 2.34. The first kappa shape index (κ1) is 13.2. The first-order valence-corrected chi connectivity index (χ1v) is 6.23. The van der Waals surface area contributed by atoms with Crippen molar-refractivity contribution in [3.63, 3.8) is 0 Å². The van der Waals surface area contributed by atoms with Crippen molar-refractivity contribution in [2.45, 2.75) is 27.7 Å². The zero-order valence-electron chi connectivity index (χ0n) is 10.2. The van der Waals surface area contributed by atoms with E-state index < -0.39 is 0 Å². The second-order valence-electron chi connectivity index (χ2n) is 4.78. The van der Waals surface area contributed by atoms with E-state index in [1.807, 2.05) is 56.9 Å². The standard InChI is InChI=1S/C13H18BrNO/c1-5-15(12(16)13(2,3)4)11-8-6-10(14)7-9-11/h6-9H,5H2,1-4H3. The number of halogens is 1. The summed E-state index contributed by atoms with van der Waals surface area (Å²) in [5.41, 5.74) is 0.605. The molecule has 0 fully saturated rings. The van der Waals surface area contributed by atoms with Gasteiger partial charge >= 0.3 is 0 Å². The molecule has 0 atom stereocenters. The lowest BCUT2D eigenvalue weighted by molar-refractivity contribution is -0.125. The van der Waals surface area contributed by atoms with Crippen LogP contribution in [0.5, 0.6) is 0 Å². The molecule has 0 heterocycles. The van der Waals surface area contributed by atoms with Gasteiger partial charge in [-0.3, -0.25) is 4.79 Å². The molecule has 16 heavy (non-hydrogen) atoms. The van der Waals surface area contributed by atoms with Gasteiger partial charge in [-0.25, -0.2) is 0 Å². The number of carbonyl (C=O) groups is 1. The SMILES string of the molecule is CCN(C(=O)C(C)(C)C)c1ccc(Br)cc1. The molecular weight excluding hydrogens is 266 g/mol. The number of anilines is 1. The molecule has 1 amide bonds. The highest BCUT2D eigenvalue weighted by Crippen LogP contribution is 2.24. The Labute approximate surface area is 106 Å². The van der Waals surface area contributed by atoms with E-state index in [1.54, 1.807) is 0 Å². The van der Waals surface area contributed by atoms with Crippen LogP contribution in [-0.2, 0) is 4.79 Å². The summed E-state index contributed by atoms with van der Waals surface area (Å²) in [5, 5.41) is 0. The highest BCUT2D eigenvalue weighted by atomic mass is 79.9. The molecule has 0 aliphatic rings. The van der Waals surface area contributed by atoms with Gasteiger partial charge in [-0.15, -0.1) is 0 Å². The molecule has 1 rings (SSSR count). The number of hydrogen-bond acceptors (Lipinski definition) is 1. The number of nitrogens with zero attached hydrogens (tertiary/aromatic N) is 1. The second-order valence-corrected chi connectivity index (χ2v) is 5.69. The topological polar surface area (TPSA) is 20.3 Å². The fourth-order valence-corrected chi connectivity index (χ4v) is 1.73. The van der Waals surface area contributed by atoms with E-state index in [4.69, 9.17) is 0 Å². The third-order valence-corrected chi connectivity index (χ3v) is 2.87. The lowest BCUT2D eigenvalue weighted by Crippen LogP contribution is -2.39. The Kier molecular flexibility index (Phi) is 4.14. The van der Waals surface area contributed by atoms with Crippen molar-refractivity contribution in [3.8, 4) is 0 Å². The summed E-state index contributed by atoms with van der Waals surface area (Å²) in [6.07, 6.45) is 0. The Bertz CT molecular complexity index is 365. The van der Waals surface area contributed by atoms with E-state index in [0.717, 1.165) is 10.2 Å². The normalized spacial score (nSPS) is 11.3. The van der Waals surface area contributed by atoms with Gasteiger partial charge in [-0.2, -0.15) is 0 Å². The van der Waals surface area contributed by atoms with E-state index in [2.05, 4.69) is 15.9 Å². The maximum Gasteiger partial charge on any atom is 0.232 e. The van der Waals surface area contributed by atoms with Gasteiger partial charge in [0.25, 0.3) is 0 Å². The molecule has 0 unspecified atom stereocenters. The Morgan fingerprint density at radius 2 is 1.75 bits per heavy atom. The van der Waals surface area contributed by atoms with Gasteiger partial charge in [0.05, 0.1) is 0 Å². The van der Waals surface area contributed by atoms with Crippen LogP contribution in [0.1, 0.15) is 27.7 Å². The zero-order chi connectivity index (χ0) is 12.3. The first-order chi connectivity index (χ1) is 7.36. The molecule has 0 saturated heterocycles. The van der Waals surface area contributed by atoms with Crippen LogP contribution < -0.4 is 4.90 Å². The minimum Gasteiger partial charge on any atom is -0.312 e. The van der Waals surface area contributed by atoms with Gasteiger partial charge in [-0.05, 0) is 31.2 Å². The number of hydrogen-bond donors (Lipinski definition) is 0. The van der Waals surface area contributed by atoms with Crippen molar-refractivity contribution >= 4 is 27.5 Å². The average molecular weight is 284 g/mol. The van der Waals surface area contributed by atoms with Crippen LogP contribution in [-0.4, -0.2) is 12.5 Å². The molecule has 0 aliphatic heterocycles. The summed E-state index contributed by atoms with van der Waals surface area (Å²) in [7, 11) is 0. The quantitative estimate of drug-likeness (QED) is 0.807. The molecule has 0 spiro atoms. The third kappa shape index (κ3) is 3.08. The molecule has 0 aliphatic carbocycles. The highest BCUT2D eigenvalue weighted by Gasteiger charge is 2.27. The molecule has 0 bridgehead atoms. The Hall–Kier alpha value is -0.830. The van der Waals surface area contributed by atoms with Crippen molar-refractivity contribution in [2.75, 3.05) is 11.4 Å². The minimum absolute atomic E-state index is 0.150. The molecule has 2 nitrogen and oxygen atoms in total. The van der Waals surface area contributed by atoms with Gasteiger partial charge in [0.2, 0.25) is 5.91 Å². The minimum atomic E-state index is -0.344. The smallest absolute Gasteiger partial charge is 0.232 e. The van der Waals surface area contributed by atoms with Gasteiger partial charge in [0.1, 0.15) is 0 Å². The van der Waals surface area contributed by atoms with E-state index in [9.17, 15) is 4.79 Å². The molecule has 0 aromatic heterocycles. The van der Waals surface area contributed by atoms with Crippen LogP contribution >= 0.6 is 15.9 Å². The fourth-order valence-electron chi connectivity index (χ4n) is 1.47. The lowest BCUT2D eigenvalue weighted by atomic mass is 9.94. The van der Waals surface area contributed by atoms with Gasteiger partial charge in [0, 0.05) is 22.1 Å².